The molecule has 0 saturated carbocycles. The van der Waals surface area contributed by atoms with E-state index in [9.17, 15) is 0 Å². The molecule has 1 atom stereocenters. The van der Waals surface area contributed by atoms with Gasteiger partial charge in [-0.15, -0.1) is 10.2 Å². The zero-order valence-corrected chi connectivity index (χ0v) is 12.8. The lowest BCUT2D eigenvalue weighted by atomic mass is 10.00. The van der Waals surface area contributed by atoms with Gasteiger partial charge in [0.1, 0.15) is 12.2 Å². The smallest absolute Gasteiger partial charge is 0.147 e. The molecule has 3 rings (SSSR count). The molecule has 0 spiro atoms. The number of benzene rings is 1. The lowest BCUT2D eigenvalue weighted by Gasteiger charge is -2.27. The van der Waals surface area contributed by atoms with Gasteiger partial charge < -0.3 is 9.88 Å². The molecule has 1 aliphatic rings. The van der Waals surface area contributed by atoms with E-state index in [4.69, 9.17) is 0 Å². The fourth-order valence-corrected chi connectivity index (χ4v) is 2.89. The van der Waals surface area contributed by atoms with Crippen LogP contribution >= 0.6 is 0 Å². The van der Waals surface area contributed by atoms with Crippen molar-refractivity contribution >= 4 is 0 Å². The van der Waals surface area contributed by atoms with Crippen LogP contribution in [0.15, 0.2) is 30.6 Å². The molecular formula is C16H23N5. The first-order chi connectivity index (χ1) is 10.3. The monoisotopic (exact) mass is 285 g/mol. The lowest BCUT2D eigenvalue weighted by Crippen LogP contribution is -2.33. The molecule has 5 heteroatoms. The maximum Gasteiger partial charge on any atom is 0.147 e. The maximum absolute atomic E-state index is 4.17. The quantitative estimate of drug-likeness (QED) is 0.907. The van der Waals surface area contributed by atoms with Crippen molar-refractivity contribution in [2.75, 3.05) is 20.1 Å². The van der Waals surface area contributed by atoms with Crippen molar-refractivity contribution in [3.05, 3.63) is 47.5 Å². The minimum absolute atomic E-state index is 0.553. The highest BCUT2D eigenvalue weighted by Crippen LogP contribution is 2.17. The van der Waals surface area contributed by atoms with Crippen LogP contribution in [0.1, 0.15) is 29.8 Å². The van der Waals surface area contributed by atoms with Crippen molar-refractivity contribution in [2.24, 2.45) is 0 Å². The lowest BCUT2D eigenvalue weighted by molar-refractivity contribution is 0.209. The first-order valence-corrected chi connectivity index (χ1v) is 7.58. The zero-order chi connectivity index (χ0) is 14.7. The van der Waals surface area contributed by atoms with Gasteiger partial charge in [-0.3, -0.25) is 4.90 Å². The Labute approximate surface area is 126 Å². The summed E-state index contributed by atoms with van der Waals surface area (Å²) in [5.74, 6) is 1.62. The number of aromatic nitrogens is 3. The fraction of sp³-hybridized carbons (Fsp3) is 0.500. The van der Waals surface area contributed by atoms with Crippen LogP contribution in [0, 0.1) is 0 Å². The third kappa shape index (κ3) is 3.31. The first-order valence-electron chi connectivity index (χ1n) is 7.58. The van der Waals surface area contributed by atoms with Gasteiger partial charge in [-0.05, 0) is 24.1 Å². The van der Waals surface area contributed by atoms with Crippen LogP contribution in [0.2, 0.25) is 0 Å². The van der Waals surface area contributed by atoms with Crippen molar-refractivity contribution in [3.8, 4) is 0 Å². The van der Waals surface area contributed by atoms with E-state index in [1.807, 2.05) is 13.4 Å². The topological polar surface area (TPSA) is 46.0 Å². The van der Waals surface area contributed by atoms with Gasteiger partial charge in [0.15, 0.2) is 0 Å². The molecule has 21 heavy (non-hydrogen) atoms. The third-order valence-corrected chi connectivity index (χ3v) is 4.18. The molecule has 0 bridgehead atoms. The van der Waals surface area contributed by atoms with Gasteiger partial charge in [0, 0.05) is 26.2 Å². The molecule has 0 fully saturated rings. The fourth-order valence-electron chi connectivity index (χ4n) is 2.89. The molecule has 0 saturated heterocycles. The molecule has 2 aromatic rings. The van der Waals surface area contributed by atoms with Crippen molar-refractivity contribution in [1.82, 2.24) is 25.0 Å². The third-order valence-electron chi connectivity index (χ3n) is 4.18. The van der Waals surface area contributed by atoms with Crippen molar-refractivity contribution < 1.29 is 0 Å². The molecular weight excluding hydrogens is 262 g/mol. The maximum atomic E-state index is 4.17. The van der Waals surface area contributed by atoms with E-state index in [0.717, 1.165) is 38.5 Å². The molecule has 1 aromatic carbocycles. The Kier molecular flexibility index (Phi) is 4.31. The first kappa shape index (κ1) is 14.2. The number of likely N-dealkylation sites (N-methyl/N-ethyl adjacent to an activating group) is 1. The van der Waals surface area contributed by atoms with E-state index in [0.29, 0.717) is 5.92 Å². The van der Waals surface area contributed by atoms with Crippen LogP contribution in [0.5, 0.6) is 0 Å². The summed E-state index contributed by atoms with van der Waals surface area (Å²) < 4.78 is 2.14. The molecule has 112 valence electrons. The number of hydrogen-bond acceptors (Lipinski definition) is 4. The number of nitrogens with zero attached hydrogens (tertiary/aromatic N) is 4. The summed E-state index contributed by atoms with van der Waals surface area (Å²) in [7, 11) is 2.00. The minimum Gasteiger partial charge on any atom is -0.319 e. The van der Waals surface area contributed by atoms with Gasteiger partial charge in [-0.25, -0.2) is 0 Å². The number of fused-ring (bicyclic) bond motifs is 1. The van der Waals surface area contributed by atoms with Crippen LogP contribution in [0.25, 0.3) is 0 Å². The summed E-state index contributed by atoms with van der Waals surface area (Å²) in [6, 6.07) is 9.01. The standard InChI is InChI=1S/C16H23N5/c1-13(9-17-2)15-5-3-14(4-6-15)10-20-7-8-21-12-18-19-16(21)11-20/h3-6,12-13,17H,7-11H2,1-2H3. The van der Waals surface area contributed by atoms with Crippen LogP contribution in [0.4, 0.5) is 0 Å². The average molecular weight is 285 g/mol. The van der Waals surface area contributed by atoms with Gasteiger partial charge in [0.05, 0.1) is 6.54 Å². The predicted octanol–water partition coefficient (Wildman–Crippen LogP) is 1.62. The molecule has 0 aliphatic carbocycles. The van der Waals surface area contributed by atoms with Gasteiger partial charge in [0.25, 0.3) is 0 Å². The molecule has 5 nitrogen and oxygen atoms in total. The molecule has 2 heterocycles. The summed E-state index contributed by atoms with van der Waals surface area (Å²) in [6.07, 6.45) is 1.82. The van der Waals surface area contributed by atoms with Crippen LogP contribution < -0.4 is 5.32 Å². The summed E-state index contributed by atoms with van der Waals surface area (Å²) in [5, 5.41) is 11.4. The van der Waals surface area contributed by atoms with E-state index in [1.54, 1.807) is 0 Å². The Bertz CT molecular complexity index is 575. The Morgan fingerprint density at radius 2 is 2.05 bits per heavy atom. The molecule has 1 N–H and O–H groups in total. The van der Waals surface area contributed by atoms with Gasteiger partial charge in [0.2, 0.25) is 0 Å². The molecule has 0 radical (unpaired) electrons. The minimum atomic E-state index is 0.553. The highest BCUT2D eigenvalue weighted by molar-refractivity contribution is 5.25. The Morgan fingerprint density at radius 3 is 2.81 bits per heavy atom. The summed E-state index contributed by atoms with van der Waals surface area (Å²) >= 11 is 0. The van der Waals surface area contributed by atoms with Crippen molar-refractivity contribution in [2.45, 2.75) is 32.5 Å². The largest absolute Gasteiger partial charge is 0.319 e. The van der Waals surface area contributed by atoms with Crippen molar-refractivity contribution in [1.29, 1.82) is 0 Å². The Hall–Kier alpha value is -1.72. The second-order valence-corrected chi connectivity index (χ2v) is 5.85. The van der Waals surface area contributed by atoms with Crippen LogP contribution in [0.3, 0.4) is 0 Å². The molecule has 1 aromatic heterocycles. The SMILES string of the molecule is CNCC(C)c1ccc(CN2CCn3cnnc3C2)cc1. The van der Waals surface area contributed by atoms with Gasteiger partial charge in [-0.2, -0.15) is 0 Å². The average Bonchev–Trinajstić information content (AvgIpc) is 2.96. The van der Waals surface area contributed by atoms with Crippen molar-refractivity contribution in [3.63, 3.8) is 0 Å². The Morgan fingerprint density at radius 1 is 1.24 bits per heavy atom. The van der Waals surface area contributed by atoms with Gasteiger partial charge >= 0.3 is 0 Å². The summed E-state index contributed by atoms with van der Waals surface area (Å²) in [5.41, 5.74) is 2.76. The Balaban J connectivity index is 1.61. The van der Waals surface area contributed by atoms with E-state index in [-0.39, 0.29) is 0 Å². The van der Waals surface area contributed by atoms with E-state index in [1.165, 1.54) is 11.1 Å². The van der Waals surface area contributed by atoms with Crippen LogP contribution in [-0.2, 0) is 19.6 Å². The second kappa shape index (κ2) is 6.37. The summed E-state index contributed by atoms with van der Waals surface area (Å²) in [4.78, 5) is 2.43. The predicted molar refractivity (Wildman–Crippen MR) is 82.9 cm³/mol. The number of rotatable bonds is 5. The van der Waals surface area contributed by atoms with Gasteiger partial charge in [-0.1, -0.05) is 31.2 Å². The normalized spacial score (nSPS) is 16.7. The van der Waals surface area contributed by atoms with E-state index < -0.39 is 0 Å². The summed E-state index contributed by atoms with van der Waals surface area (Å²) in [6.45, 7) is 7.18. The molecule has 0 amide bonds. The number of hydrogen-bond donors (Lipinski definition) is 1. The van der Waals surface area contributed by atoms with Crippen LogP contribution in [-0.4, -0.2) is 39.8 Å². The highest BCUT2D eigenvalue weighted by atomic mass is 15.3. The molecule has 1 unspecified atom stereocenters. The molecule has 1 aliphatic heterocycles. The highest BCUT2D eigenvalue weighted by Gasteiger charge is 2.17. The van der Waals surface area contributed by atoms with E-state index >= 15 is 0 Å². The number of nitrogens with one attached hydrogen (secondary N) is 1. The zero-order valence-electron chi connectivity index (χ0n) is 12.8. The van der Waals surface area contributed by atoms with E-state index in [2.05, 4.69) is 56.2 Å². The second-order valence-electron chi connectivity index (χ2n) is 5.85.